The summed E-state index contributed by atoms with van der Waals surface area (Å²) in [6, 6.07) is 19.3. The Morgan fingerprint density at radius 3 is 2.38 bits per heavy atom. The summed E-state index contributed by atoms with van der Waals surface area (Å²) in [5.41, 5.74) is 4.91. The van der Waals surface area contributed by atoms with Gasteiger partial charge >= 0.3 is 0 Å². The Bertz CT molecular complexity index is 726. The van der Waals surface area contributed by atoms with Gasteiger partial charge in [-0.15, -0.1) is 0 Å². The Morgan fingerprint density at radius 2 is 1.62 bits per heavy atom. The van der Waals surface area contributed by atoms with Gasteiger partial charge in [0, 0.05) is 18.2 Å². The lowest BCUT2D eigenvalue weighted by Gasteiger charge is -2.03. The number of aromatic amines is 1. The summed E-state index contributed by atoms with van der Waals surface area (Å²) in [5, 5.41) is 0. The van der Waals surface area contributed by atoms with E-state index >= 15 is 0 Å². The van der Waals surface area contributed by atoms with Gasteiger partial charge in [-0.25, -0.2) is 4.98 Å². The highest BCUT2D eigenvalue weighted by Crippen LogP contribution is 2.19. The van der Waals surface area contributed by atoms with Crippen molar-refractivity contribution in [2.75, 3.05) is 0 Å². The molecule has 0 unspecified atom stereocenters. The average molecular weight is 318 g/mol. The lowest BCUT2D eigenvalue weighted by molar-refractivity contribution is 0.667. The Hall–Kier alpha value is -2.35. The zero-order valence-electron chi connectivity index (χ0n) is 14.5. The molecule has 1 N–H and O–H groups in total. The first kappa shape index (κ1) is 16.5. The van der Waals surface area contributed by atoms with Crippen molar-refractivity contribution in [2.45, 2.75) is 45.4 Å². The van der Waals surface area contributed by atoms with Gasteiger partial charge in [0.2, 0.25) is 0 Å². The largest absolute Gasteiger partial charge is 0.348 e. The molecule has 24 heavy (non-hydrogen) atoms. The predicted octanol–water partition coefficient (Wildman–Crippen LogP) is 5.79. The number of H-pyrrole nitrogens is 1. The van der Waals surface area contributed by atoms with E-state index in [0.29, 0.717) is 0 Å². The van der Waals surface area contributed by atoms with E-state index < -0.39 is 0 Å². The molecule has 0 radical (unpaired) electrons. The van der Waals surface area contributed by atoms with Crippen molar-refractivity contribution in [3.8, 4) is 11.3 Å². The first-order chi connectivity index (χ1) is 11.8. The molecule has 3 aromatic rings. The van der Waals surface area contributed by atoms with E-state index in [-0.39, 0.29) is 0 Å². The van der Waals surface area contributed by atoms with Gasteiger partial charge in [0.1, 0.15) is 5.82 Å². The molecule has 124 valence electrons. The molecule has 0 spiro atoms. The second-order valence-corrected chi connectivity index (χ2v) is 6.40. The lowest BCUT2D eigenvalue weighted by Crippen LogP contribution is -1.90. The minimum absolute atomic E-state index is 0.844. The van der Waals surface area contributed by atoms with E-state index in [4.69, 9.17) is 4.98 Å². The van der Waals surface area contributed by atoms with Crippen LogP contribution in [0.3, 0.4) is 0 Å². The third-order valence-corrected chi connectivity index (χ3v) is 4.41. The van der Waals surface area contributed by atoms with E-state index in [1.807, 2.05) is 12.3 Å². The van der Waals surface area contributed by atoms with Crippen LogP contribution >= 0.6 is 0 Å². The van der Waals surface area contributed by atoms with Gasteiger partial charge < -0.3 is 4.98 Å². The summed E-state index contributed by atoms with van der Waals surface area (Å²) in [6.45, 7) is 2.25. The van der Waals surface area contributed by atoms with Crippen LogP contribution in [0.4, 0.5) is 0 Å². The van der Waals surface area contributed by atoms with E-state index in [2.05, 4.69) is 60.4 Å². The quantitative estimate of drug-likeness (QED) is 0.523. The molecule has 0 aliphatic heterocycles. The highest BCUT2D eigenvalue weighted by atomic mass is 14.9. The lowest BCUT2D eigenvalue weighted by atomic mass is 10.0. The molecule has 2 nitrogen and oxygen atoms in total. The van der Waals surface area contributed by atoms with Crippen LogP contribution < -0.4 is 0 Å². The minimum atomic E-state index is 0.844. The molecule has 1 heterocycles. The molecule has 1 aromatic heterocycles. The number of hydrogen-bond donors (Lipinski definition) is 1. The van der Waals surface area contributed by atoms with E-state index in [0.717, 1.165) is 17.9 Å². The highest BCUT2D eigenvalue weighted by Gasteiger charge is 2.05. The van der Waals surface area contributed by atoms with Crippen LogP contribution in [0.25, 0.3) is 11.3 Å². The maximum absolute atomic E-state index is 4.74. The van der Waals surface area contributed by atoms with E-state index in [9.17, 15) is 0 Å². The fourth-order valence-corrected chi connectivity index (χ4v) is 2.99. The average Bonchev–Trinajstić information content (AvgIpc) is 3.09. The summed E-state index contributed by atoms with van der Waals surface area (Å²) >= 11 is 0. The van der Waals surface area contributed by atoms with Crippen molar-refractivity contribution in [1.29, 1.82) is 0 Å². The number of aryl methyl sites for hydroxylation is 1. The van der Waals surface area contributed by atoms with Crippen molar-refractivity contribution in [2.24, 2.45) is 0 Å². The van der Waals surface area contributed by atoms with Crippen LogP contribution in [0.2, 0.25) is 0 Å². The van der Waals surface area contributed by atoms with E-state index in [1.54, 1.807) is 0 Å². The monoisotopic (exact) mass is 318 g/mol. The van der Waals surface area contributed by atoms with Crippen LogP contribution in [0.1, 0.15) is 49.6 Å². The number of unbranched alkanes of at least 4 members (excludes halogenated alkanes) is 3. The zero-order valence-corrected chi connectivity index (χ0v) is 14.5. The molecule has 0 atom stereocenters. The first-order valence-electron chi connectivity index (χ1n) is 9.02. The molecular weight excluding hydrogens is 292 g/mol. The number of nitrogens with one attached hydrogen (secondary N) is 1. The van der Waals surface area contributed by atoms with Gasteiger partial charge in [0.05, 0.1) is 5.69 Å². The van der Waals surface area contributed by atoms with Crippen LogP contribution in [-0.4, -0.2) is 9.97 Å². The fraction of sp³-hybridized carbons (Fsp3) is 0.318. The smallest absolute Gasteiger partial charge is 0.111 e. The number of rotatable bonds is 8. The second kappa shape index (κ2) is 8.49. The van der Waals surface area contributed by atoms with Crippen molar-refractivity contribution >= 4 is 0 Å². The molecule has 3 rings (SSSR count). The van der Waals surface area contributed by atoms with E-state index in [1.165, 1.54) is 48.8 Å². The van der Waals surface area contributed by atoms with Crippen LogP contribution in [0.5, 0.6) is 0 Å². The summed E-state index contributed by atoms with van der Waals surface area (Å²) in [5.74, 6) is 1.01. The number of benzene rings is 2. The number of hydrogen-bond acceptors (Lipinski definition) is 1. The normalized spacial score (nSPS) is 10.9. The number of aromatic nitrogens is 2. The molecule has 0 bridgehead atoms. The third kappa shape index (κ3) is 4.58. The molecule has 0 aliphatic carbocycles. The molecule has 0 amide bonds. The van der Waals surface area contributed by atoms with Gasteiger partial charge in [-0.3, -0.25) is 0 Å². The van der Waals surface area contributed by atoms with Crippen molar-refractivity contribution in [3.63, 3.8) is 0 Å². The Kier molecular flexibility index (Phi) is 5.84. The van der Waals surface area contributed by atoms with Crippen molar-refractivity contribution in [3.05, 3.63) is 77.7 Å². The van der Waals surface area contributed by atoms with Crippen LogP contribution in [-0.2, 0) is 12.8 Å². The zero-order chi connectivity index (χ0) is 16.6. The summed E-state index contributed by atoms with van der Waals surface area (Å²) in [7, 11) is 0. The predicted molar refractivity (Wildman–Crippen MR) is 101 cm³/mol. The maximum atomic E-state index is 4.74. The summed E-state index contributed by atoms with van der Waals surface area (Å²) in [4.78, 5) is 8.04. The fourth-order valence-electron chi connectivity index (χ4n) is 2.99. The van der Waals surface area contributed by atoms with Crippen LogP contribution in [0, 0.1) is 0 Å². The van der Waals surface area contributed by atoms with Gasteiger partial charge in [-0.1, -0.05) is 80.8 Å². The van der Waals surface area contributed by atoms with Crippen LogP contribution in [0.15, 0.2) is 60.8 Å². The van der Waals surface area contributed by atoms with Crippen molar-refractivity contribution in [1.82, 2.24) is 9.97 Å². The Balaban J connectivity index is 1.60. The SMILES string of the molecule is CCCCCCc1ccc(-c2c[nH]c(Cc3ccccc3)n2)cc1. The molecule has 2 aromatic carbocycles. The first-order valence-corrected chi connectivity index (χ1v) is 9.02. The standard InChI is InChI=1S/C22H26N2/c1-2-3-4-6-9-18-12-14-20(15-13-18)21-17-23-22(24-21)16-19-10-7-5-8-11-19/h5,7-8,10-15,17H,2-4,6,9,16H2,1H3,(H,23,24). The highest BCUT2D eigenvalue weighted by molar-refractivity contribution is 5.58. The summed E-state index contributed by atoms with van der Waals surface area (Å²) < 4.78 is 0. The molecule has 0 saturated carbocycles. The molecule has 0 aliphatic rings. The molecule has 0 saturated heterocycles. The minimum Gasteiger partial charge on any atom is -0.348 e. The number of imidazole rings is 1. The van der Waals surface area contributed by atoms with Gasteiger partial charge in [-0.2, -0.15) is 0 Å². The second-order valence-electron chi connectivity index (χ2n) is 6.40. The van der Waals surface area contributed by atoms with Gasteiger partial charge in [0.15, 0.2) is 0 Å². The molecule has 2 heteroatoms. The van der Waals surface area contributed by atoms with Gasteiger partial charge in [0.25, 0.3) is 0 Å². The molecule has 0 fully saturated rings. The topological polar surface area (TPSA) is 28.7 Å². The Labute approximate surface area is 145 Å². The Morgan fingerprint density at radius 1 is 0.833 bits per heavy atom. The number of nitrogens with zero attached hydrogens (tertiary/aromatic N) is 1. The third-order valence-electron chi connectivity index (χ3n) is 4.41. The molecular formula is C22H26N2. The van der Waals surface area contributed by atoms with Crippen molar-refractivity contribution < 1.29 is 0 Å². The summed E-state index contributed by atoms with van der Waals surface area (Å²) in [6.07, 6.45) is 9.29. The van der Waals surface area contributed by atoms with Gasteiger partial charge in [-0.05, 0) is 24.0 Å². The maximum Gasteiger partial charge on any atom is 0.111 e.